The van der Waals surface area contributed by atoms with Gasteiger partial charge in [0.1, 0.15) is 5.75 Å². The number of amides is 1. The van der Waals surface area contributed by atoms with Crippen molar-refractivity contribution in [3.05, 3.63) is 23.8 Å². The van der Waals surface area contributed by atoms with Crippen LogP contribution in [0.5, 0.6) is 5.75 Å². The third-order valence-electron chi connectivity index (χ3n) is 3.75. The van der Waals surface area contributed by atoms with Crippen LogP contribution in [-0.4, -0.2) is 33.0 Å². The first-order valence-electron chi connectivity index (χ1n) is 7.30. The molecule has 1 fully saturated rings. The number of carbonyl (C=O) groups excluding carboxylic acids is 1. The topological polar surface area (TPSA) is 84.5 Å². The van der Waals surface area contributed by atoms with Gasteiger partial charge in [-0.15, -0.1) is 0 Å². The summed E-state index contributed by atoms with van der Waals surface area (Å²) in [4.78, 5) is 11.5. The molecule has 7 heteroatoms. The number of rotatable bonds is 6. The molecule has 0 aliphatic carbocycles. The lowest BCUT2D eigenvalue weighted by Crippen LogP contribution is -2.48. The van der Waals surface area contributed by atoms with E-state index < -0.39 is 15.6 Å². The zero-order chi connectivity index (χ0) is 16.4. The minimum absolute atomic E-state index is 0.0430. The van der Waals surface area contributed by atoms with E-state index in [2.05, 4.69) is 10.0 Å². The number of nitrogens with one attached hydrogen (secondary N) is 2. The molecule has 2 N–H and O–H groups in total. The van der Waals surface area contributed by atoms with Crippen molar-refractivity contribution in [3.8, 4) is 5.75 Å². The van der Waals surface area contributed by atoms with Crippen LogP contribution in [0.4, 0.5) is 0 Å². The maximum absolute atomic E-state index is 12.4. The van der Waals surface area contributed by atoms with Gasteiger partial charge in [-0.1, -0.05) is 0 Å². The predicted octanol–water partition coefficient (Wildman–Crippen LogP) is 1.34. The summed E-state index contributed by atoms with van der Waals surface area (Å²) in [7, 11) is -3.61. The van der Waals surface area contributed by atoms with E-state index in [1.54, 1.807) is 12.1 Å². The number of sulfonamides is 1. The molecular weight excluding hydrogens is 304 g/mol. The monoisotopic (exact) mass is 326 g/mol. The van der Waals surface area contributed by atoms with Gasteiger partial charge in [-0.25, -0.2) is 13.1 Å². The van der Waals surface area contributed by atoms with E-state index in [4.69, 9.17) is 4.74 Å². The summed E-state index contributed by atoms with van der Waals surface area (Å²) in [5.74, 6) is 0.634. The van der Waals surface area contributed by atoms with E-state index in [9.17, 15) is 13.2 Å². The van der Waals surface area contributed by atoms with Gasteiger partial charge in [0, 0.05) is 13.0 Å². The molecule has 0 spiro atoms. The van der Waals surface area contributed by atoms with Gasteiger partial charge in [-0.05, 0) is 51.0 Å². The summed E-state index contributed by atoms with van der Waals surface area (Å²) >= 11 is 0. The van der Waals surface area contributed by atoms with Crippen molar-refractivity contribution in [2.45, 2.75) is 44.0 Å². The molecule has 1 saturated heterocycles. The standard InChI is InChI=1S/C15H22N2O4S/c1-4-21-13-6-5-12(9-11(13)2)22(19,20)16-10-15(3)8-7-14(18)17-15/h5-6,9,16H,4,7-8,10H2,1-3H3,(H,17,18). The Bertz CT molecular complexity index is 672. The average Bonchev–Trinajstić information content (AvgIpc) is 2.79. The van der Waals surface area contributed by atoms with Crippen LogP contribution in [0.2, 0.25) is 0 Å². The highest BCUT2D eigenvalue weighted by atomic mass is 32.2. The lowest BCUT2D eigenvalue weighted by molar-refractivity contribution is -0.119. The van der Waals surface area contributed by atoms with Crippen LogP contribution in [-0.2, 0) is 14.8 Å². The lowest BCUT2D eigenvalue weighted by Gasteiger charge is -2.24. The van der Waals surface area contributed by atoms with E-state index >= 15 is 0 Å². The molecule has 0 saturated carbocycles. The minimum Gasteiger partial charge on any atom is -0.494 e. The van der Waals surface area contributed by atoms with E-state index in [1.807, 2.05) is 20.8 Å². The fourth-order valence-corrected chi connectivity index (χ4v) is 3.68. The zero-order valence-corrected chi connectivity index (χ0v) is 13.9. The molecule has 0 radical (unpaired) electrons. The second kappa shape index (κ2) is 6.26. The second-order valence-corrected chi connectivity index (χ2v) is 7.56. The quantitative estimate of drug-likeness (QED) is 0.826. The van der Waals surface area contributed by atoms with Crippen molar-refractivity contribution >= 4 is 15.9 Å². The Kier molecular flexibility index (Phi) is 4.77. The smallest absolute Gasteiger partial charge is 0.240 e. The summed E-state index contributed by atoms with van der Waals surface area (Å²) in [5.41, 5.74) is 0.245. The maximum Gasteiger partial charge on any atom is 0.240 e. The summed E-state index contributed by atoms with van der Waals surface area (Å²) in [6.45, 7) is 6.23. The third-order valence-corrected chi connectivity index (χ3v) is 5.15. The van der Waals surface area contributed by atoms with Crippen LogP contribution >= 0.6 is 0 Å². The van der Waals surface area contributed by atoms with Crippen LogP contribution in [0.25, 0.3) is 0 Å². The van der Waals surface area contributed by atoms with Crippen molar-refractivity contribution < 1.29 is 17.9 Å². The lowest BCUT2D eigenvalue weighted by atomic mass is 10.0. The minimum atomic E-state index is -3.61. The van der Waals surface area contributed by atoms with Gasteiger partial charge in [0.15, 0.2) is 0 Å². The Labute approximate surface area is 131 Å². The van der Waals surface area contributed by atoms with Gasteiger partial charge in [-0.2, -0.15) is 0 Å². The SMILES string of the molecule is CCOc1ccc(S(=O)(=O)NCC2(C)CCC(=O)N2)cc1C. The largest absolute Gasteiger partial charge is 0.494 e. The molecule has 1 atom stereocenters. The molecule has 1 heterocycles. The first kappa shape index (κ1) is 16.8. The Morgan fingerprint density at radius 3 is 2.68 bits per heavy atom. The Morgan fingerprint density at radius 2 is 2.14 bits per heavy atom. The van der Waals surface area contributed by atoms with Gasteiger partial charge >= 0.3 is 0 Å². The molecule has 1 aromatic carbocycles. The summed E-state index contributed by atoms with van der Waals surface area (Å²) in [5, 5.41) is 2.81. The molecule has 122 valence electrons. The Morgan fingerprint density at radius 1 is 1.41 bits per heavy atom. The fourth-order valence-electron chi connectivity index (χ4n) is 2.43. The van der Waals surface area contributed by atoms with Crippen molar-refractivity contribution in [2.75, 3.05) is 13.2 Å². The van der Waals surface area contributed by atoms with Crippen LogP contribution in [0.1, 0.15) is 32.3 Å². The van der Waals surface area contributed by atoms with E-state index in [1.165, 1.54) is 6.07 Å². The van der Waals surface area contributed by atoms with Gasteiger partial charge in [0.2, 0.25) is 15.9 Å². The third kappa shape index (κ3) is 3.78. The molecule has 2 rings (SSSR count). The number of hydrogen-bond donors (Lipinski definition) is 2. The summed E-state index contributed by atoms with van der Waals surface area (Å²) in [6, 6.07) is 4.77. The van der Waals surface area contributed by atoms with Crippen molar-refractivity contribution in [3.63, 3.8) is 0 Å². The molecule has 6 nitrogen and oxygen atoms in total. The summed E-state index contributed by atoms with van der Waals surface area (Å²) in [6.07, 6.45) is 1.05. The molecule has 0 bridgehead atoms. The van der Waals surface area contributed by atoms with Crippen molar-refractivity contribution in [1.29, 1.82) is 0 Å². The average molecular weight is 326 g/mol. The number of aryl methyl sites for hydroxylation is 1. The Hall–Kier alpha value is -1.60. The van der Waals surface area contributed by atoms with Crippen LogP contribution in [0.15, 0.2) is 23.1 Å². The highest BCUT2D eigenvalue weighted by molar-refractivity contribution is 7.89. The normalized spacial score (nSPS) is 21.7. The number of carbonyl (C=O) groups is 1. The van der Waals surface area contributed by atoms with Gasteiger partial charge in [0.05, 0.1) is 17.0 Å². The zero-order valence-electron chi connectivity index (χ0n) is 13.1. The molecule has 1 amide bonds. The summed E-state index contributed by atoms with van der Waals surface area (Å²) < 4.78 is 32.7. The van der Waals surface area contributed by atoms with E-state index in [-0.39, 0.29) is 17.3 Å². The molecule has 22 heavy (non-hydrogen) atoms. The molecular formula is C15H22N2O4S. The predicted molar refractivity (Wildman–Crippen MR) is 83.3 cm³/mol. The first-order valence-corrected chi connectivity index (χ1v) is 8.78. The van der Waals surface area contributed by atoms with Crippen LogP contribution in [0.3, 0.4) is 0 Å². The number of ether oxygens (including phenoxy) is 1. The number of benzene rings is 1. The van der Waals surface area contributed by atoms with Crippen molar-refractivity contribution in [2.24, 2.45) is 0 Å². The molecule has 1 aromatic rings. The highest BCUT2D eigenvalue weighted by Crippen LogP contribution is 2.23. The van der Waals surface area contributed by atoms with Crippen molar-refractivity contribution in [1.82, 2.24) is 10.0 Å². The highest BCUT2D eigenvalue weighted by Gasteiger charge is 2.34. The van der Waals surface area contributed by atoms with E-state index in [0.717, 1.165) is 5.56 Å². The number of hydrogen-bond acceptors (Lipinski definition) is 4. The van der Waals surface area contributed by atoms with Crippen LogP contribution in [0, 0.1) is 6.92 Å². The maximum atomic E-state index is 12.4. The molecule has 1 aliphatic rings. The first-order chi connectivity index (χ1) is 10.3. The van der Waals surface area contributed by atoms with Gasteiger partial charge in [-0.3, -0.25) is 4.79 Å². The molecule has 1 unspecified atom stereocenters. The van der Waals surface area contributed by atoms with E-state index in [0.29, 0.717) is 25.2 Å². The Balaban J connectivity index is 2.10. The van der Waals surface area contributed by atoms with Crippen LogP contribution < -0.4 is 14.8 Å². The molecule has 0 aromatic heterocycles. The van der Waals surface area contributed by atoms with Gasteiger partial charge in [0.25, 0.3) is 0 Å². The molecule has 1 aliphatic heterocycles. The fraction of sp³-hybridized carbons (Fsp3) is 0.533. The second-order valence-electron chi connectivity index (χ2n) is 5.79. The van der Waals surface area contributed by atoms with Gasteiger partial charge < -0.3 is 10.1 Å².